The highest BCUT2D eigenvalue weighted by atomic mass is 16.5. The van der Waals surface area contributed by atoms with E-state index in [-0.39, 0.29) is 36.9 Å². The maximum absolute atomic E-state index is 12.7. The maximum Gasteiger partial charge on any atom is 0.223 e. The number of nitrogens with zero attached hydrogens (tertiary/aromatic N) is 1. The highest BCUT2D eigenvalue weighted by Gasteiger charge is 2.29. The SMILES string of the molecule is O=C(CCC(=O)N1CCCC1c1ccccc1)NCCC1NC(Cc2ccccc2)=CO1. The van der Waals surface area contributed by atoms with E-state index in [1.807, 2.05) is 41.3 Å². The highest BCUT2D eigenvalue weighted by Crippen LogP contribution is 2.32. The lowest BCUT2D eigenvalue weighted by Gasteiger charge is -2.25. The topological polar surface area (TPSA) is 70.7 Å². The van der Waals surface area contributed by atoms with Crippen molar-refractivity contribution in [3.8, 4) is 0 Å². The molecule has 2 aromatic carbocycles. The van der Waals surface area contributed by atoms with Crippen molar-refractivity contribution < 1.29 is 14.3 Å². The van der Waals surface area contributed by atoms with Crippen LogP contribution < -0.4 is 10.6 Å². The number of rotatable bonds is 9. The second-order valence-corrected chi connectivity index (χ2v) is 8.37. The third-order valence-corrected chi connectivity index (χ3v) is 6.01. The van der Waals surface area contributed by atoms with Crippen LogP contribution in [0.15, 0.2) is 72.6 Å². The van der Waals surface area contributed by atoms with Crippen LogP contribution >= 0.6 is 0 Å². The van der Waals surface area contributed by atoms with Crippen LogP contribution in [0.5, 0.6) is 0 Å². The fourth-order valence-electron chi connectivity index (χ4n) is 4.37. The second kappa shape index (κ2) is 10.8. The maximum atomic E-state index is 12.7. The summed E-state index contributed by atoms with van der Waals surface area (Å²) in [5, 5.41) is 6.26. The Labute approximate surface area is 189 Å². The number of nitrogens with one attached hydrogen (secondary N) is 2. The summed E-state index contributed by atoms with van der Waals surface area (Å²) >= 11 is 0. The summed E-state index contributed by atoms with van der Waals surface area (Å²) in [6.45, 7) is 1.27. The Kier molecular flexibility index (Phi) is 7.43. The second-order valence-electron chi connectivity index (χ2n) is 8.37. The molecule has 0 spiro atoms. The molecule has 1 saturated heterocycles. The van der Waals surface area contributed by atoms with Gasteiger partial charge in [-0.15, -0.1) is 0 Å². The lowest BCUT2D eigenvalue weighted by Crippen LogP contribution is -2.34. The number of ether oxygens (including phenoxy) is 1. The fraction of sp³-hybridized carbons (Fsp3) is 0.385. The monoisotopic (exact) mass is 433 g/mol. The van der Waals surface area contributed by atoms with E-state index < -0.39 is 0 Å². The fourth-order valence-corrected chi connectivity index (χ4v) is 4.37. The normalized spacial score (nSPS) is 19.8. The zero-order chi connectivity index (χ0) is 22.2. The van der Waals surface area contributed by atoms with Crippen molar-refractivity contribution in [2.24, 2.45) is 0 Å². The van der Waals surface area contributed by atoms with Crippen molar-refractivity contribution in [3.05, 3.63) is 83.7 Å². The lowest BCUT2D eigenvalue weighted by atomic mass is 10.0. The number of carbonyl (C=O) groups excluding carboxylic acids is 2. The first kappa shape index (κ1) is 21.9. The van der Waals surface area contributed by atoms with Gasteiger partial charge in [-0.2, -0.15) is 0 Å². The van der Waals surface area contributed by atoms with Gasteiger partial charge in [0.2, 0.25) is 11.8 Å². The summed E-state index contributed by atoms with van der Waals surface area (Å²) < 4.78 is 5.65. The zero-order valence-corrected chi connectivity index (χ0v) is 18.3. The van der Waals surface area contributed by atoms with Crippen LogP contribution in [0.2, 0.25) is 0 Å². The van der Waals surface area contributed by atoms with Gasteiger partial charge in [0.1, 0.15) is 6.26 Å². The number of likely N-dealkylation sites (tertiary alicyclic amines) is 1. The van der Waals surface area contributed by atoms with Crippen molar-refractivity contribution in [3.63, 3.8) is 0 Å². The lowest BCUT2D eigenvalue weighted by molar-refractivity contribution is -0.134. The molecule has 2 aromatic rings. The molecular formula is C26H31N3O3. The molecule has 0 bridgehead atoms. The molecule has 2 aliphatic heterocycles. The standard InChI is InChI=1S/C26H31N3O3/c30-24(13-14-26(31)29-17-7-12-23(29)21-10-5-2-6-11-21)27-16-15-25-28-22(19-32-25)18-20-8-3-1-4-9-20/h1-6,8-11,19,23,25,28H,7,12-18H2,(H,27,30). The van der Waals surface area contributed by atoms with Gasteiger partial charge >= 0.3 is 0 Å². The molecule has 6 nitrogen and oxygen atoms in total. The summed E-state index contributed by atoms with van der Waals surface area (Å²) in [4.78, 5) is 26.9. The zero-order valence-electron chi connectivity index (χ0n) is 18.3. The van der Waals surface area contributed by atoms with E-state index in [2.05, 4.69) is 34.9 Å². The summed E-state index contributed by atoms with van der Waals surface area (Å²) in [7, 11) is 0. The number of hydrogen-bond acceptors (Lipinski definition) is 4. The van der Waals surface area contributed by atoms with Gasteiger partial charge in [-0.25, -0.2) is 0 Å². The van der Waals surface area contributed by atoms with Gasteiger partial charge in [-0.3, -0.25) is 9.59 Å². The Bertz CT molecular complexity index is 930. The average Bonchev–Trinajstić information content (AvgIpc) is 3.49. The van der Waals surface area contributed by atoms with E-state index in [1.54, 1.807) is 6.26 Å². The molecule has 32 heavy (non-hydrogen) atoms. The largest absolute Gasteiger partial charge is 0.476 e. The molecule has 2 unspecified atom stereocenters. The molecule has 0 aliphatic carbocycles. The number of benzene rings is 2. The van der Waals surface area contributed by atoms with Crippen molar-refractivity contribution in [2.75, 3.05) is 13.1 Å². The first-order valence-corrected chi connectivity index (χ1v) is 11.4. The van der Waals surface area contributed by atoms with Crippen LogP contribution in [0.4, 0.5) is 0 Å². The van der Waals surface area contributed by atoms with Gasteiger partial charge in [0, 0.05) is 38.8 Å². The van der Waals surface area contributed by atoms with Crippen molar-refractivity contribution >= 4 is 11.8 Å². The molecule has 2 atom stereocenters. The molecule has 2 N–H and O–H groups in total. The van der Waals surface area contributed by atoms with E-state index >= 15 is 0 Å². The van der Waals surface area contributed by atoms with Crippen molar-refractivity contribution in [1.82, 2.24) is 15.5 Å². The molecule has 1 fully saturated rings. The summed E-state index contributed by atoms with van der Waals surface area (Å²) in [6, 6.07) is 20.5. The Balaban J connectivity index is 1.13. The van der Waals surface area contributed by atoms with Crippen LogP contribution in [0.25, 0.3) is 0 Å². The van der Waals surface area contributed by atoms with Gasteiger partial charge in [-0.1, -0.05) is 60.7 Å². The van der Waals surface area contributed by atoms with Crippen LogP contribution in [-0.2, 0) is 20.7 Å². The third kappa shape index (κ3) is 5.90. The third-order valence-electron chi connectivity index (χ3n) is 6.01. The molecule has 2 amide bonds. The number of hydrogen-bond donors (Lipinski definition) is 2. The van der Waals surface area contributed by atoms with Crippen molar-refractivity contribution in [1.29, 1.82) is 0 Å². The predicted octanol–water partition coefficient (Wildman–Crippen LogP) is 3.67. The Morgan fingerprint density at radius 2 is 1.78 bits per heavy atom. The minimum absolute atomic E-state index is 0.0575. The molecule has 0 saturated carbocycles. The molecule has 2 heterocycles. The smallest absolute Gasteiger partial charge is 0.223 e. The highest BCUT2D eigenvalue weighted by molar-refractivity contribution is 5.84. The first-order chi connectivity index (χ1) is 15.7. The Hall–Kier alpha value is -3.28. The Morgan fingerprint density at radius 3 is 2.56 bits per heavy atom. The minimum Gasteiger partial charge on any atom is -0.476 e. The average molecular weight is 434 g/mol. The molecule has 0 radical (unpaired) electrons. The molecule has 2 aliphatic rings. The molecule has 4 rings (SSSR count). The van der Waals surface area contributed by atoms with Crippen LogP contribution in [0.3, 0.4) is 0 Å². The van der Waals surface area contributed by atoms with Crippen LogP contribution in [0.1, 0.15) is 49.3 Å². The number of carbonyl (C=O) groups is 2. The van der Waals surface area contributed by atoms with Crippen molar-refractivity contribution in [2.45, 2.75) is 50.8 Å². The van der Waals surface area contributed by atoms with E-state index in [9.17, 15) is 9.59 Å². The molecule has 0 aromatic heterocycles. The number of amides is 2. The van der Waals surface area contributed by atoms with Gasteiger partial charge in [0.05, 0.1) is 11.7 Å². The minimum atomic E-state index is -0.133. The van der Waals surface area contributed by atoms with Crippen LogP contribution in [-0.4, -0.2) is 36.0 Å². The van der Waals surface area contributed by atoms with E-state index in [0.29, 0.717) is 13.0 Å². The van der Waals surface area contributed by atoms with Gasteiger partial charge in [-0.05, 0) is 24.0 Å². The van der Waals surface area contributed by atoms with E-state index in [4.69, 9.17) is 4.74 Å². The van der Waals surface area contributed by atoms with Crippen LogP contribution in [0, 0.1) is 0 Å². The van der Waals surface area contributed by atoms with Gasteiger partial charge < -0.3 is 20.3 Å². The van der Waals surface area contributed by atoms with Gasteiger partial charge in [0.25, 0.3) is 0 Å². The summed E-state index contributed by atoms with van der Waals surface area (Å²) in [5.74, 6) is -0.0358. The first-order valence-electron chi connectivity index (χ1n) is 11.4. The Morgan fingerprint density at radius 1 is 1.03 bits per heavy atom. The summed E-state index contributed by atoms with van der Waals surface area (Å²) in [6.07, 6.45) is 5.54. The molecule has 6 heteroatoms. The molecular weight excluding hydrogens is 402 g/mol. The summed E-state index contributed by atoms with van der Waals surface area (Å²) in [5.41, 5.74) is 3.43. The molecule has 168 valence electrons. The predicted molar refractivity (Wildman–Crippen MR) is 123 cm³/mol. The quantitative estimate of drug-likeness (QED) is 0.633. The van der Waals surface area contributed by atoms with Gasteiger partial charge in [0.15, 0.2) is 6.23 Å². The number of allylic oxidation sites excluding steroid dienone is 1. The van der Waals surface area contributed by atoms with E-state index in [0.717, 1.165) is 31.5 Å². The van der Waals surface area contributed by atoms with E-state index in [1.165, 1.54) is 11.1 Å².